The molecule has 0 saturated heterocycles. The molecule has 6 nitrogen and oxygen atoms in total. The number of benzene rings is 3. The van der Waals surface area contributed by atoms with Crippen molar-refractivity contribution < 1.29 is 14.7 Å². The number of aryl methyl sites for hydroxylation is 1. The van der Waals surface area contributed by atoms with Gasteiger partial charge in [-0.15, -0.1) is 0 Å². The number of anilines is 1. The molecule has 2 heterocycles. The summed E-state index contributed by atoms with van der Waals surface area (Å²) in [7, 11) is 0. The Hall–Kier alpha value is -4.42. The van der Waals surface area contributed by atoms with Crippen LogP contribution in [0.25, 0.3) is 22.0 Å². The number of aromatic nitrogens is 2. The summed E-state index contributed by atoms with van der Waals surface area (Å²) in [5, 5.41) is 10.4. The number of hydrogen-bond acceptors (Lipinski definition) is 6. The van der Waals surface area contributed by atoms with Gasteiger partial charge in [0.1, 0.15) is 13.2 Å². The van der Waals surface area contributed by atoms with Gasteiger partial charge in [-0.2, -0.15) is 4.98 Å². The standard InChI is InChI=1S/C29H25N3O3/c1-20-24(17-25-26(30-20)13-8-14-27(25)32-33)23-15-16-28(34-18-21-9-4-2-5-10-21)31-29(23)35-19-22-11-6-3-7-12-22/h2-17,32-33H,18-19H2,1H3. The van der Waals surface area contributed by atoms with Crippen molar-refractivity contribution in [1.29, 1.82) is 0 Å². The van der Waals surface area contributed by atoms with Crippen LogP contribution in [0.5, 0.6) is 11.8 Å². The number of hydrogen-bond donors (Lipinski definition) is 2. The molecule has 6 heteroatoms. The average Bonchev–Trinajstić information content (AvgIpc) is 2.91. The third-order valence-corrected chi connectivity index (χ3v) is 5.74. The summed E-state index contributed by atoms with van der Waals surface area (Å²) < 4.78 is 12.2. The molecule has 0 fully saturated rings. The predicted octanol–water partition coefficient (Wildman–Crippen LogP) is 6.56. The molecule has 0 aliphatic rings. The van der Waals surface area contributed by atoms with Crippen molar-refractivity contribution in [2.75, 3.05) is 5.48 Å². The lowest BCUT2D eigenvalue weighted by molar-refractivity contribution is 0.268. The Morgan fingerprint density at radius 2 is 1.40 bits per heavy atom. The van der Waals surface area contributed by atoms with Gasteiger partial charge in [-0.1, -0.05) is 66.7 Å². The first-order valence-electron chi connectivity index (χ1n) is 11.4. The van der Waals surface area contributed by atoms with Crippen LogP contribution in [0.1, 0.15) is 16.8 Å². The van der Waals surface area contributed by atoms with Crippen LogP contribution < -0.4 is 15.0 Å². The van der Waals surface area contributed by atoms with E-state index in [2.05, 4.69) is 5.48 Å². The second-order valence-electron chi connectivity index (χ2n) is 8.16. The van der Waals surface area contributed by atoms with Crippen LogP contribution >= 0.6 is 0 Å². The van der Waals surface area contributed by atoms with Gasteiger partial charge in [-0.3, -0.25) is 15.7 Å². The van der Waals surface area contributed by atoms with Gasteiger partial charge in [-0.05, 0) is 42.3 Å². The molecule has 2 N–H and O–H groups in total. The van der Waals surface area contributed by atoms with Crippen molar-refractivity contribution >= 4 is 16.6 Å². The van der Waals surface area contributed by atoms with Crippen molar-refractivity contribution in [2.24, 2.45) is 0 Å². The molecule has 0 bridgehead atoms. The van der Waals surface area contributed by atoms with Gasteiger partial charge in [0.15, 0.2) is 0 Å². The molecule has 0 atom stereocenters. The van der Waals surface area contributed by atoms with Gasteiger partial charge in [0.05, 0.1) is 11.2 Å². The first kappa shape index (κ1) is 22.4. The second kappa shape index (κ2) is 10.2. The molecule has 2 aromatic heterocycles. The van der Waals surface area contributed by atoms with Crippen molar-refractivity contribution in [3.63, 3.8) is 0 Å². The number of fused-ring (bicyclic) bond motifs is 1. The van der Waals surface area contributed by atoms with Gasteiger partial charge in [0.25, 0.3) is 0 Å². The molecule has 35 heavy (non-hydrogen) atoms. The van der Waals surface area contributed by atoms with Crippen molar-refractivity contribution in [1.82, 2.24) is 9.97 Å². The van der Waals surface area contributed by atoms with Crippen molar-refractivity contribution in [2.45, 2.75) is 20.1 Å². The molecule has 5 aromatic rings. The lowest BCUT2D eigenvalue weighted by Gasteiger charge is -2.15. The molecular formula is C29H25N3O3. The molecule has 174 valence electrons. The van der Waals surface area contributed by atoms with Crippen molar-refractivity contribution in [3.05, 3.63) is 114 Å². The van der Waals surface area contributed by atoms with Crippen molar-refractivity contribution in [3.8, 4) is 22.9 Å². The van der Waals surface area contributed by atoms with E-state index < -0.39 is 0 Å². The maximum absolute atomic E-state index is 9.59. The van der Waals surface area contributed by atoms with Gasteiger partial charge in [0.2, 0.25) is 11.8 Å². The summed E-state index contributed by atoms with van der Waals surface area (Å²) in [5.74, 6) is 0.933. The highest BCUT2D eigenvalue weighted by Gasteiger charge is 2.16. The summed E-state index contributed by atoms with van der Waals surface area (Å²) in [4.78, 5) is 9.46. The Balaban J connectivity index is 1.53. The highest BCUT2D eigenvalue weighted by atomic mass is 16.5. The second-order valence-corrected chi connectivity index (χ2v) is 8.16. The van der Waals surface area contributed by atoms with E-state index in [4.69, 9.17) is 19.4 Å². The lowest BCUT2D eigenvalue weighted by Crippen LogP contribution is -2.03. The minimum atomic E-state index is 0.368. The summed E-state index contributed by atoms with van der Waals surface area (Å²) in [6, 6.07) is 31.3. The maximum Gasteiger partial charge on any atom is 0.225 e. The zero-order valence-electron chi connectivity index (χ0n) is 19.3. The van der Waals surface area contributed by atoms with E-state index in [0.717, 1.165) is 38.9 Å². The van der Waals surface area contributed by atoms with E-state index >= 15 is 0 Å². The van der Waals surface area contributed by atoms with Crippen LogP contribution in [0.15, 0.2) is 97.1 Å². The minimum absolute atomic E-state index is 0.368. The Labute approximate surface area is 203 Å². The molecule has 0 unspecified atom stereocenters. The Morgan fingerprint density at radius 1 is 0.714 bits per heavy atom. The van der Waals surface area contributed by atoms with E-state index in [9.17, 15) is 5.21 Å². The van der Waals surface area contributed by atoms with E-state index in [1.165, 1.54) is 0 Å². The van der Waals surface area contributed by atoms with E-state index in [0.29, 0.717) is 30.7 Å². The predicted molar refractivity (Wildman–Crippen MR) is 137 cm³/mol. The van der Waals surface area contributed by atoms with Crippen LogP contribution in [-0.2, 0) is 13.2 Å². The molecule has 0 saturated carbocycles. The third-order valence-electron chi connectivity index (χ3n) is 5.74. The molecule has 5 rings (SSSR count). The van der Waals surface area contributed by atoms with Crippen LogP contribution in [-0.4, -0.2) is 15.2 Å². The maximum atomic E-state index is 9.59. The van der Waals surface area contributed by atoms with E-state index in [1.54, 1.807) is 6.07 Å². The SMILES string of the molecule is Cc1nc2cccc(NO)c2cc1-c1ccc(OCc2ccccc2)nc1OCc1ccccc1. The first-order valence-corrected chi connectivity index (χ1v) is 11.4. The van der Waals surface area contributed by atoms with Gasteiger partial charge >= 0.3 is 0 Å². The fourth-order valence-corrected chi connectivity index (χ4v) is 3.94. The monoisotopic (exact) mass is 463 g/mol. The Morgan fingerprint density at radius 3 is 2.09 bits per heavy atom. The Kier molecular flexibility index (Phi) is 6.55. The minimum Gasteiger partial charge on any atom is -0.473 e. The Bertz CT molecular complexity index is 1440. The number of rotatable bonds is 8. The lowest BCUT2D eigenvalue weighted by atomic mass is 10.0. The molecule has 0 aliphatic carbocycles. The fourth-order valence-electron chi connectivity index (χ4n) is 3.94. The number of nitrogens with one attached hydrogen (secondary N) is 1. The summed E-state index contributed by atoms with van der Waals surface area (Å²) in [5.41, 5.74) is 8.22. The number of nitrogens with zero attached hydrogens (tertiary/aromatic N) is 2. The van der Waals surface area contributed by atoms with Crippen LogP contribution in [0.2, 0.25) is 0 Å². The van der Waals surface area contributed by atoms with E-state index in [1.807, 2.05) is 97.9 Å². The van der Waals surface area contributed by atoms with Gasteiger partial charge in [-0.25, -0.2) is 0 Å². The average molecular weight is 464 g/mol. The summed E-state index contributed by atoms with van der Waals surface area (Å²) in [6.07, 6.45) is 0. The number of pyridine rings is 2. The first-order chi connectivity index (χ1) is 17.2. The zero-order valence-corrected chi connectivity index (χ0v) is 19.3. The van der Waals surface area contributed by atoms with E-state index in [-0.39, 0.29) is 0 Å². The number of ether oxygens (including phenoxy) is 2. The topological polar surface area (TPSA) is 76.5 Å². The smallest absolute Gasteiger partial charge is 0.225 e. The molecule has 3 aromatic carbocycles. The normalized spacial score (nSPS) is 10.8. The summed E-state index contributed by atoms with van der Waals surface area (Å²) >= 11 is 0. The van der Waals surface area contributed by atoms with Gasteiger partial charge in [0, 0.05) is 28.3 Å². The molecule has 0 aliphatic heterocycles. The molecule has 0 spiro atoms. The fraction of sp³-hybridized carbons (Fsp3) is 0.103. The molecule has 0 radical (unpaired) electrons. The van der Waals surface area contributed by atoms with Crippen LogP contribution in [0.4, 0.5) is 5.69 Å². The third kappa shape index (κ3) is 5.08. The molecule has 0 amide bonds. The largest absolute Gasteiger partial charge is 0.473 e. The highest BCUT2D eigenvalue weighted by molar-refractivity contribution is 5.94. The quantitative estimate of drug-likeness (QED) is 0.254. The summed E-state index contributed by atoms with van der Waals surface area (Å²) in [6.45, 7) is 2.73. The molecular weight excluding hydrogens is 438 g/mol. The van der Waals surface area contributed by atoms with Crippen LogP contribution in [0, 0.1) is 6.92 Å². The zero-order chi connectivity index (χ0) is 24.0. The van der Waals surface area contributed by atoms with Gasteiger partial charge < -0.3 is 9.47 Å². The van der Waals surface area contributed by atoms with Crippen LogP contribution in [0.3, 0.4) is 0 Å². The highest BCUT2D eigenvalue weighted by Crippen LogP contribution is 2.36.